The fourth-order valence-electron chi connectivity index (χ4n) is 9.93. The van der Waals surface area contributed by atoms with E-state index in [-0.39, 0.29) is 108 Å². The molecule has 12 nitrogen and oxygen atoms in total. The number of aryl methyl sites for hydroxylation is 1. The summed E-state index contributed by atoms with van der Waals surface area (Å²) in [7, 11) is 0. The number of aromatic hydroxyl groups is 4. The third-order valence-electron chi connectivity index (χ3n) is 15.6. The number of hydrogen-bond acceptors (Lipinski definition) is 10. The largest absolute Gasteiger partial charge is 0.507 e. The fourth-order valence-corrected chi connectivity index (χ4v) is 9.93. The molecule has 0 heterocycles. The van der Waals surface area contributed by atoms with Crippen molar-refractivity contribution in [1.29, 1.82) is 0 Å². The van der Waals surface area contributed by atoms with Gasteiger partial charge in [0, 0.05) is 116 Å². The van der Waals surface area contributed by atoms with Crippen LogP contribution in [0.25, 0.3) is 0 Å². The maximum atomic E-state index is 11.2. The van der Waals surface area contributed by atoms with Crippen molar-refractivity contribution >= 4 is 36.8 Å². The Kier molecular flexibility index (Phi) is 29.5. The summed E-state index contributed by atoms with van der Waals surface area (Å²) in [5, 5.41) is 60.7. The fraction of sp³-hybridized carbons (Fsp3) is 0.595. The van der Waals surface area contributed by atoms with Crippen LogP contribution in [0.2, 0.25) is 0 Å². The van der Waals surface area contributed by atoms with E-state index in [1.54, 1.807) is 12.4 Å². The minimum Gasteiger partial charge on any atom is -0.507 e. The molecule has 0 aliphatic heterocycles. The molecule has 2 unspecified atom stereocenters. The van der Waals surface area contributed by atoms with E-state index in [0.29, 0.717) is 37.3 Å². The second-order valence-electron chi connectivity index (χ2n) is 31.7. The van der Waals surface area contributed by atoms with Gasteiger partial charge in [0.1, 0.15) is 23.0 Å². The predicted molar refractivity (Wildman–Crippen MR) is 362 cm³/mol. The molecule has 88 heavy (non-hydrogen) atoms. The first-order chi connectivity index (χ1) is 39.0. The summed E-state index contributed by atoms with van der Waals surface area (Å²) in [6.07, 6.45) is 13.5. The van der Waals surface area contributed by atoms with Gasteiger partial charge in [0.05, 0.1) is 24.2 Å². The standard InChI is InChI=1S/C34H52N2O2.C33H48N2O2.C7H12O4.2Co/c1-30(2,3)24-15-22(28(37)26(17-24)32(7,8)9)19-35-21-34(13,14)36-20-23-16-25(31(4,5)6)18-27(29(23)38)33(10,11)12;1-21-15-22(29(36)25(16-21)32(5,6)7)19-34-27-13-11-12-14-28(27)35-20-23-17-24(31(2,3)4)18-26(30(23)37)33(8,9)10;8-6(9)4-2-1-3-5-7(10)11;;/h15-20,37-38H,21H2,1-14H3;15-20,27-28,36-37H,11-14H2,1-10H3;1-5H2,(H,8,9)(H,10,11);;. The number of carbonyl (C=O) groups is 2. The Bertz CT molecular complexity index is 3070. The van der Waals surface area contributed by atoms with Crippen LogP contribution in [0.15, 0.2) is 68.5 Å². The smallest absolute Gasteiger partial charge is 0.303 e. The number of phenolic OH excluding ortho intramolecular Hbond substituents is 4. The van der Waals surface area contributed by atoms with Crippen molar-refractivity contribution in [3.05, 3.63) is 115 Å². The molecule has 4 aromatic rings. The van der Waals surface area contributed by atoms with Crippen LogP contribution in [0.5, 0.6) is 23.0 Å². The third-order valence-corrected chi connectivity index (χ3v) is 15.6. The van der Waals surface area contributed by atoms with Crippen LogP contribution in [-0.4, -0.2) is 91.6 Å². The number of unbranched alkanes of at least 4 members (excludes halogenated alkanes) is 2. The minimum absolute atomic E-state index is 0. The van der Waals surface area contributed by atoms with Gasteiger partial charge in [0.15, 0.2) is 0 Å². The SMILES string of the molecule is CC(C)(CN=Cc1cc(C(C)(C)C)cc(C(C)(C)C)c1O)N=Cc1cc(C(C)(C)C)cc(C(C)(C)C)c1O.Cc1cc(C=NC2CCCCC2N=Cc2cc(C(C)(C)C)cc(C(C)(C)C)c2O)c(O)c(C(C)(C)C)c1.O=C(O)CCCCCC(=O)O.[Co].[Co]. The first-order valence-corrected chi connectivity index (χ1v) is 31.1. The van der Waals surface area contributed by atoms with E-state index in [4.69, 9.17) is 30.2 Å². The van der Waals surface area contributed by atoms with Gasteiger partial charge in [-0.3, -0.25) is 29.6 Å². The monoisotopic (exact) mass is 1300 g/mol. The number of nitrogens with zero attached hydrogens (tertiary/aromatic N) is 4. The van der Waals surface area contributed by atoms with Crippen LogP contribution >= 0.6 is 0 Å². The summed E-state index contributed by atoms with van der Waals surface area (Å²) in [4.78, 5) is 39.4. The summed E-state index contributed by atoms with van der Waals surface area (Å²) >= 11 is 0. The number of aliphatic imine (C=N–C) groups is 4. The first-order valence-electron chi connectivity index (χ1n) is 31.1. The van der Waals surface area contributed by atoms with Gasteiger partial charge in [-0.1, -0.05) is 189 Å². The van der Waals surface area contributed by atoms with Crippen LogP contribution in [0.1, 0.15) is 284 Å². The van der Waals surface area contributed by atoms with Crippen LogP contribution in [0.4, 0.5) is 0 Å². The molecule has 0 amide bonds. The summed E-state index contributed by atoms with van der Waals surface area (Å²) in [5.41, 5.74) is 10.1. The zero-order valence-corrected chi connectivity index (χ0v) is 60.2. The van der Waals surface area contributed by atoms with E-state index < -0.39 is 17.5 Å². The zero-order chi connectivity index (χ0) is 65.9. The van der Waals surface area contributed by atoms with Gasteiger partial charge < -0.3 is 30.6 Å². The van der Waals surface area contributed by atoms with E-state index in [1.165, 1.54) is 16.7 Å². The van der Waals surface area contributed by atoms with Gasteiger partial charge in [-0.25, -0.2) is 0 Å². The molecule has 2 radical (unpaired) electrons. The molecular formula is C74H112Co2N4O8. The number of hydrogen-bond donors (Lipinski definition) is 6. The molecule has 6 N–H and O–H groups in total. The van der Waals surface area contributed by atoms with E-state index in [1.807, 2.05) is 44.5 Å². The minimum atomic E-state index is -0.819. The Morgan fingerprint density at radius 3 is 1.02 bits per heavy atom. The van der Waals surface area contributed by atoms with Gasteiger partial charge in [-0.2, -0.15) is 0 Å². The average molecular weight is 1300 g/mol. The number of phenols is 4. The second-order valence-corrected chi connectivity index (χ2v) is 31.7. The molecular weight excluding hydrogens is 1190 g/mol. The molecule has 0 bridgehead atoms. The second kappa shape index (κ2) is 32.1. The molecule has 0 aromatic heterocycles. The Labute approximate surface area is 551 Å². The molecule has 0 spiro atoms. The Morgan fingerprint density at radius 2 is 0.716 bits per heavy atom. The predicted octanol–water partition coefficient (Wildman–Crippen LogP) is 17.9. The summed E-state index contributed by atoms with van der Waals surface area (Å²) in [6.45, 7) is 51.7. The Morgan fingerprint density at radius 1 is 0.420 bits per heavy atom. The zero-order valence-electron chi connectivity index (χ0n) is 58.1. The van der Waals surface area contributed by atoms with Crippen molar-refractivity contribution in [3.8, 4) is 23.0 Å². The van der Waals surface area contributed by atoms with Gasteiger partial charge in [-0.05, 0) is 131 Å². The summed E-state index contributed by atoms with van der Waals surface area (Å²) in [5.74, 6) is -0.433. The maximum absolute atomic E-state index is 11.2. The molecule has 2 atom stereocenters. The van der Waals surface area contributed by atoms with Crippen molar-refractivity contribution in [2.45, 2.75) is 279 Å². The Hall–Kier alpha value is -5.29. The van der Waals surface area contributed by atoms with Crippen molar-refractivity contribution in [2.75, 3.05) is 6.54 Å². The third kappa shape index (κ3) is 25.2. The summed E-state index contributed by atoms with van der Waals surface area (Å²) in [6, 6.07) is 16.7. The molecule has 14 heteroatoms. The number of carboxylic acids is 2. The van der Waals surface area contributed by atoms with Crippen LogP contribution in [0, 0.1) is 6.92 Å². The Balaban J connectivity index is 0.000000737. The normalized spacial score (nSPS) is 15.6. The van der Waals surface area contributed by atoms with Crippen molar-refractivity contribution in [2.24, 2.45) is 20.0 Å². The van der Waals surface area contributed by atoms with Crippen molar-refractivity contribution in [3.63, 3.8) is 0 Å². The molecule has 1 aliphatic carbocycles. The van der Waals surface area contributed by atoms with Gasteiger partial charge in [-0.15, -0.1) is 0 Å². The van der Waals surface area contributed by atoms with Crippen molar-refractivity contribution in [1.82, 2.24) is 0 Å². The topological polar surface area (TPSA) is 205 Å². The quantitative estimate of drug-likeness (QED) is 0.0498. The molecule has 494 valence electrons. The first kappa shape index (κ1) is 80.7. The maximum Gasteiger partial charge on any atom is 0.303 e. The van der Waals surface area contributed by atoms with Crippen LogP contribution in [-0.2, 0) is 81.1 Å². The summed E-state index contributed by atoms with van der Waals surface area (Å²) < 4.78 is 0. The number of carboxylic acid groups (broad SMARTS) is 2. The number of aliphatic carboxylic acids is 2. The van der Waals surface area contributed by atoms with E-state index in [2.05, 4.69) is 183 Å². The van der Waals surface area contributed by atoms with Crippen LogP contribution < -0.4 is 0 Å². The molecule has 1 saturated carbocycles. The molecule has 4 aromatic carbocycles. The van der Waals surface area contributed by atoms with Gasteiger partial charge in [0.2, 0.25) is 0 Å². The molecule has 1 fully saturated rings. The van der Waals surface area contributed by atoms with E-state index in [0.717, 1.165) is 75.8 Å². The van der Waals surface area contributed by atoms with Gasteiger partial charge in [0.25, 0.3) is 0 Å². The van der Waals surface area contributed by atoms with Crippen LogP contribution in [0.3, 0.4) is 0 Å². The van der Waals surface area contributed by atoms with E-state index in [9.17, 15) is 30.0 Å². The number of benzene rings is 4. The molecule has 5 rings (SSSR count). The van der Waals surface area contributed by atoms with Crippen molar-refractivity contribution < 1.29 is 73.8 Å². The molecule has 1 aliphatic rings. The number of rotatable bonds is 15. The van der Waals surface area contributed by atoms with Gasteiger partial charge >= 0.3 is 11.9 Å². The van der Waals surface area contributed by atoms with E-state index >= 15 is 0 Å². The average Bonchev–Trinajstić information content (AvgIpc) is 1.10. The molecule has 0 saturated heterocycles.